The van der Waals surface area contributed by atoms with Crippen molar-refractivity contribution in [3.8, 4) is 0 Å². The quantitative estimate of drug-likeness (QED) is 0.241. The number of carbonyl (C=O) groups is 2. The maximum atomic E-state index is 13.3. The summed E-state index contributed by atoms with van der Waals surface area (Å²) < 4.78 is 0. The maximum Gasteiger partial charge on any atom is 0.300 e. The van der Waals surface area contributed by atoms with Crippen molar-refractivity contribution in [1.82, 2.24) is 4.98 Å². The predicted molar refractivity (Wildman–Crippen MR) is 126 cm³/mol. The van der Waals surface area contributed by atoms with Crippen LogP contribution in [0.25, 0.3) is 16.7 Å². The molecule has 0 bridgehead atoms. The molecule has 5 rings (SSSR count). The van der Waals surface area contributed by atoms with Crippen LogP contribution in [0.1, 0.15) is 22.7 Å². The van der Waals surface area contributed by atoms with Crippen LogP contribution < -0.4 is 4.90 Å². The summed E-state index contributed by atoms with van der Waals surface area (Å²) >= 11 is 6.35. The first-order valence-corrected chi connectivity index (χ1v) is 10.5. The summed E-state index contributed by atoms with van der Waals surface area (Å²) in [6.45, 7) is 1.87. The first kappa shape index (κ1) is 20.1. The van der Waals surface area contributed by atoms with E-state index >= 15 is 0 Å². The number of anilines is 1. The molecule has 158 valence electrons. The summed E-state index contributed by atoms with van der Waals surface area (Å²) in [5.41, 5.74) is 3.45. The number of hydrogen-bond acceptors (Lipinski definition) is 3. The fourth-order valence-corrected chi connectivity index (χ4v) is 4.37. The number of benzene rings is 3. The summed E-state index contributed by atoms with van der Waals surface area (Å²) in [5.74, 6) is -1.66. The number of fused-ring (bicyclic) bond motifs is 1. The highest BCUT2D eigenvalue weighted by molar-refractivity contribution is 6.52. The summed E-state index contributed by atoms with van der Waals surface area (Å²) in [5, 5.41) is 12.5. The van der Waals surface area contributed by atoms with Crippen LogP contribution in [0.4, 0.5) is 5.69 Å². The number of Topliss-reactive ketones (excluding diaryl/α,β-unsaturated/α-hetero) is 1. The van der Waals surface area contributed by atoms with Crippen molar-refractivity contribution in [1.29, 1.82) is 0 Å². The number of para-hydroxylation sites is 1. The Morgan fingerprint density at radius 3 is 2.47 bits per heavy atom. The van der Waals surface area contributed by atoms with Crippen molar-refractivity contribution in [3.05, 3.63) is 106 Å². The van der Waals surface area contributed by atoms with Gasteiger partial charge in [-0.25, -0.2) is 0 Å². The maximum absolute atomic E-state index is 13.3. The molecule has 1 aliphatic heterocycles. The Labute approximate surface area is 189 Å². The highest BCUT2D eigenvalue weighted by Crippen LogP contribution is 2.44. The van der Waals surface area contributed by atoms with Gasteiger partial charge in [-0.1, -0.05) is 66.2 Å². The lowest BCUT2D eigenvalue weighted by molar-refractivity contribution is -0.132. The minimum atomic E-state index is -0.815. The standard InChI is InChI=1S/C26H19ClN2O3/c1-15-11-12-17(13-20(15)27)29-23(19-14-28-21-10-6-5-9-18(19)21)22(25(31)26(29)32)24(30)16-7-3-2-4-8-16/h2-14,23,28,30H,1H3/b24-22+. The van der Waals surface area contributed by atoms with E-state index in [9.17, 15) is 14.7 Å². The zero-order valence-electron chi connectivity index (χ0n) is 17.2. The zero-order chi connectivity index (χ0) is 22.4. The number of carbonyl (C=O) groups excluding carboxylic acids is 2. The molecule has 0 spiro atoms. The molecule has 1 aliphatic rings. The Morgan fingerprint density at radius 1 is 1.00 bits per heavy atom. The normalized spacial score (nSPS) is 17.9. The number of ketones is 1. The lowest BCUT2D eigenvalue weighted by Crippen LogP contribution is -2.29. The molecule has 1 fully saturated rings. The van der Waals surface area contributed by atoms with E-state index in [1.54, 1.807) is 48.7 Å². The highest BCUT2D eigenvalue weighted by atomic mass is 35.5. The lowest BCUT2D eigenvalue weighted by Gasteiger charge is -2.25. The molecular formula is C26H19ClN2O3. The Kier molecular flexibility index (Phi) is 4.83. The third-order valence-corrected chi connectivity index (χ3v) is 6.25. The molecule has 32 heavy (non-hydrogen) atoms. The van der Waals surface area contributed by atoms with Crippen LogP contribution >= 0.6 is 11.6 Å². The van der Waals surface area contributed by atoms with Gasteiger partial charge in [0.2, 0.25) is 0 Å². The molecule has 1 unspecified atom stereocenters. The van der Waals surface area contributed by atoms with Gasteiger partial charge in [-0.15, -0.1) is 0 Å². The van der Waals surface area contributed by atoms with E-state index in [-0.39, 0.29) is 11.3 Å². The number of aromatic amines is 1. The van der Waals surface area contributed by atoms with E-state index in [4.69, 9.17) is 11.6 Å². The number of hydrogen-bond donors (Lipinski definition) is 2. The molecule has 0 saturated carbocycles. The second kappa shape index (κ2) is 7.70. The van der Waals surface area contributed by atoms with Crippen LogP contribution in [0.2, 0.25) is 5.02 Å². The number of halogens is 1. The monoisotopic (exact) mass is 442 g/mol. The van der Waals surface area contributed by atoms with Gasteiger partial charge in [0.05, 0.1) is 11.6 Å². The van der Waals surface area contributed by atoms with Gasteiger partial charge < -0.3 is 10.1 Å². The van der Waals surface area contributed by atoms with Gasteiger partial charge in [-0.05, 0) is 30.7 Å². The number of amides is 1. The third-order valence-electron chi connectivity index (χ3n) is 5.84. The molecule has 6 heteroatoms. The number of aromatic nitrogens is 1. The molecule has 4 aromatic rings. The van der Waals surface area contributed by atoms with Crippen molar-refractivity contribution >= 4 is 45.6 Å². The number of aliphatic hydroxyl groups is 1. The van der Waals surface area contributed by atoms with Gasteiger partial charge in [0.1, 0.15) is 5.76 Å². The molecule has 2 N–H and O–H groups in total. The molecule has 3 aromatic carbocycles. The number of H-pyrrole nitrogens is 1. The van der Waals surface area contributed by atoms with Gasteiger partial charge in [0.15, 0.2) is 0 Å². The van der Waals surface area contributed by atoms with Crippen LogP contribution in [-0.4, -0.2) is 21.8 Å². The molecule has 0 radical (unpaired) electrons. The molecule has 1 saturated heterocycles. The third kappa shape index (κ3) is 3.10. The van der Waals surface area contributed by atoms with Crippen molar-refractivity contribution in [2.24, 2.45) is 0 Å². The Bertz CT molecular complexity index is 1410. The van der Waals surface area contributed by atoms with Crippen molar-refractivity contribution in [2.75, 3.05) is 4.90 Å². The van der Waals surface area contributed by atoms with Crippen LogP contribution in [0, 0.1) is 6.92 Å². The average molecular weight is 443 g/mol. The molecule has 0 aliphatic carbocycles. The van der Waals surface area contributed by atoms with Crippen LogP contribution in [-0.2, 0) is 9.59 Å². The first-order chi connectivity index (χ1) is 15.5. The average Bonchev–Trinajstić information content (AvgIpc) is 3.35. The van der Waals surface area contributed by atoms with Crippen molar-refractivity contribution in [2.45, 2.75) is 13.0 Å². The van der Waals surface area contributed by atoms with Crippen LogP contribution in [0.15, 0.2) is 84.6 Å². The number of aryl methyl sites for hydroxylation is 1. The number of aliphatic hydroxyl groups excluding tert-OH is 1. The molecule has 1 amide bonds. The second-order valence-electron chi connectivity index (χ2n) is 7.76. The summed E-state index contributed by atoms with van der Waals surface area (Å²) in [6.07, 6.45) is 1.78. The largest absolute Gasteiger partial charge is 0.507 e. The van der Waals surface area contributed by atoms with Gasteiger partial charge in [0, 0.05) is 38.9 Å². The predicted octanol–water partition coefficient (Wildman–Crippen LogP) is 5.76. The Morgan fingerprint density at radius 2 is 1.72 bits per heavy atom. The number of rotatable bonds is 3. The number of nitrogens with one attached hydrogen (secondary N) is 1. The summed E-state index contributed by atoms with van der Waals surface area (Å²) in [6, 6.07) is 20.8. The second-order valence-corrected chi connectivity index (χ2v) is 8.17. The van der Waals surface area contributed by atoms with Gasteiger partial charge >= 0.3 is 0 Å². The molecule has 1 aromatic heterocycles. The number of nitrogens with zero attached hydrogens (tertiary/aromatic N) is 1. The molecular weight excluding hydrogens is 424 g/mol. The fourth-order valence-electron chi connectivity index (χ4n) is 4.20. The lowest BCUT2D eigenvalue weighted by atomic mass is 9.94. The van der Waals surface area contributed by atoms with E-state index in [1.165, 1.54) is 4.90 Å². The smallest absolute Gasteiger partial charge is 0.300 e. The van der Waals surface area contributed by atoms with Crippen LogP contribution in [0.5, 0.6) is 0 Å². The summed E-state index contributed by atoms with van der Waals surface area (Å²) in [7, 11) is 0. The molecule has 5 nitrogen and oxygen atoms in total. The van der Waals surface area contributed by atoms with E-state index in [0.29, 0.717) is 21.8 Å². The minimum absolute atomic E-state index is 0.0441. The van der Waals surface area contributed by atoms with E-state index in [2.05, 4.69) is 4.98 Å². The van der Waals surface area contributed by atoms with Gasteiger partial charge in [0.25, 0.3) is 11.7 Å². The van der Waals surface area contributed by atoms with E-state index in [1.807, 2.05) is 37.3 Å². The highest BCUT2D eigenvalue weighted by Gasteiger charge is 2.47. The Balaban J connectivity index is 1.79. The van der Waals surface area contributed by atoms with E-state index < -0.39 is 17.7 Å². The SMILES string of the molecule is Cc1ccc(N2C(=O)C(=O)/C(=C(/O)c3ccccc3)C2c2c[nH]c3ccccc23)cc1Cl. The first-order valence-electron chi connectivity index (χ1n) is 10.2. The van der Waals surface area contributed by atoms with Gasteiger partial charge in [-0.3, -0.25) is 14.5 Å². The minimum Gasteiger partial charge on any atom is -0.507 e. The summed E-state index contributed by atoms with van der Waals surface area (Å²) in [4.78, 5) is 31.1. The van der Waals surface area contributed by atoms with Crippen molar-refractivity contribution < 1.29 is 14.7 Å². The molecule has 1 atom stereocenters. The van der Waals surface area contributed by atoms with Crippen molar-refractivity contribution in [3.63, 3.8) is 0 Å². The van der Waals surface area contributed by atoms with Gasteiger partial charge in [-0.2, -0.15) is 0 Å². The van der Waals surface area contributed by atoms with Crippen LogP contribution in [0.3, 0.4) is 0 Å². The zero-order valence-corrected chi connectivity index (χ0v) is 17.9. The topological polar surface area (TPSA) is 73.4 Å². The molecule has 2 heterocycles. The Hall–Kier alpha value is -3.83. The fraction of sp³-hybridized carbons (Fsp3) is 0.0769. The van der Waals surface area contributed by atoms with E-state index in [0.717, 1.165) is 16.5 Å².